The predicted octanol–water partition coefficient (Wildman–Crippen LogP) is 8.90. The molecule has 7 aromatic rings. The first-order chi connectivity index (χ1) is 18.1. The van der Waals surface area contributed by atoms with Crippen LogP contribution in [0.2, 0.25) is 0 Å². The number of hydrogen-bond acceptors (Lipinski definition) is 2. The molecule has 0 saturated heterocycles. The lowest BCUT2D eigenvalue weighted by Crippen LogP contribution is -2.14. The highest BCUT2D eigenvalue weighted by atomic mass is 16.3. The van der Waals surface area contributed by atoms with Gasteiger partial charge in [-0.1, -0.05) is 86.6 Å². The Kier molecular flexibility index (Phi) is 4.00. The minimum atomic E-state index is -0.115. The van der Waals surface area contributed by atoms with E-state index in [-0.39, 0.29) is 5.41 Å². The van der Waals surface area contributed by atoms with Crippen LogP contribution < -0.4 is 0 Å². The average molecular weight is 477 g/mol. The lowest BCUT2D eigenvalue weighted by atomic mass is 9.82. The first kappa shape index (κ1) is 20.6. The maximum Gasteiger partial charge on any atom is 0.145 e. The first-order valence-corrected chi connectivity index (χ1v) is 12.7. The third kappa shape index (κ3) is 2.74. The predicted molar refractivity (Wildman–Crippen MR) is 151 cm³/mol. The van der Waals surface area contributed by atoms with E-state index in [1.165, 1.54) is 27.6 Å². The van der Waals surface area contributed by atoms with Crippen LogP contribution in [0, 0.1) is 0 Å². The van der Waals surface area contributed by atoms with Gasteiger partial charge in [-0.15, -0.1) is 0 Å². The van der Waals surface area contributed by atoms with Crippen LogP contribution in [0.1, 0.15) is 25.0 Å². The Balaban J connectivity index is 1.43. The minimum Gasteiger partial charge on any atom is -0.455 e. The molecule has 2 aromatic heterocycles. The molecular formula is C34H24N2O. The summed E-state index contributed by atoms with van der Waals surface area (Å²) in [5.74, 6) is 0.943. The second-order valence-electron chi connectivity index (χ2n) is 10.4. The van der Waals surface area contributed by atoms with Crippen molar-refractivity contribution >= 4 is 33.0 Å². The number of rotatable bonds is 2. The standard InChI is InChI=1S/C34H24N2O/c1-34(2)26-18-16-21(33-35-28-13-7-8-14-29(28)36(33)22-10-4-3-5-11-22)20-25(26)31-27(34)19-17-24-23-12-6-9-15-30(23)37-32(24)31/h3-20H,1-2H3. The summed E-state index contributed by atoms with van der Waals surface area (Å²) in [6.07, 6.45) is 0. The molecule has 0 unspecified atom stereocenters. The number of para-hydroxylation sites is 4. The molecule has 0 atom stereocenters. The van der Waals surface area contributed by atoms with Gasteiger partial charge in [0, 0.05) is 33.0 Å². The highest BCUT2D eigenvalue weighted by Crippen LogP contribution is 2.53. The van der Waals surface area contributed by atoms with E-state index in [0.29, 0.717) is 0 Å². The second kappa shape index (κ2) is 7.21. The van der Waals surface area contributed by atoms with Crippen LogP contribution in [-0.2, 0) is 5.41 Å². The van der Waals surface area contributed by atoms with E-state index in [4.69, 9.17) is 9.40 Å². The highest BCUT2D eigenvalue weighted by Gasteiger charge is 2.38. The van der Waals surface area contributed by atoms with Crippen molar-refractivity contribution < 1.29 is 4.42 Å². The van der Waals surface area contributed by atoms with Crippen LogP contribution in [0.5, 0.6) is 0 Å². The maximum atomic E-state index is 6.51. The van der Waals surface area contributed by atoms with E-state index in [2.05, 4.69) is 115 Å². The molecule has 0 fully saturated rings. The van der Waals surface area contributed by atoms with Crippen molar-refractivity contribution in [3.63, 3.8) is 0 Å². The van der Waals surface area contributed by atoms with Gasteiger partial charge in [0.1, 0.15) is 17.0 Å². The van der Waals surface area contributed by atoms with Gasteiger partial charge in [-0.05, 0) is 53.1 Å². The number of fused-ring (bicyclic) bond motifs is 8. The number of imidazole rings is 1. The summed E-state index contributed by atoms with van der Waals surface area (Å²) in [4.78, 5) is 5.11. The highest BCUT2D eigenvalue weighted by molar-refractivity contribution is 6.12. The zero-order valence-electron chi connectivity index (χ0n) is 20.7. The molecule has 176 valence electrons. The van der Waals surface area contributed by atoms with Gasteiger partial charge in [-0.2, -0.15) is 0 Å². The van der Waals surface area contributed by atoms with Crippen molar-refractivity contribution in [2.45, 2.75) is 19.3 Å². The first-order valence-electron chi connectivity index (χ1n) is 12.7. The molecule has 0 amide bonds. The molecule has 0 bridgehead atoms. The van der Waals surface area contributed by atoms with Crippen LogP contribution in [-0.4, -0.2) is 9.55 Å². The molecule has 1 aliphatic carbocycles. The topological polar surface area (TPSA) is 31.0 Å². The Morgan fingerprint density at radius 2 is 1.46 bits per heavy atom. The van der Waals surface area contributed by atoms with Crippen molar-refractivity contribution in [3.05, 3.63) is 120 Å². The molecule has 8 rings (SSSR count). The van der Waals surface area contributed by atoms with Gasteiger partial charge in [-0.25, -0.2) is 4.98 Å². The van der Waals surface area contributed by atoms with Crippen molar-refractivity contribution in [3.8, 4) is 28.2 Å². The van der Waals surface area contributed by atoms with E-state index < -0.39 is 0 Å². The fraction of sp³-hybridized carbons (Fsp3) is 0.0882. The summed E-state index contributed by atoms with van der Waals surface area (Å²) < 4.78 is 8.78. The van der Waals surface area contributed by atoms with Gasteiger partial charge in [-0.3, -0.25) is 4.57 Å². The fourth-order valence-electron chi connectivity index (χ4n) is 6.22. The van der Waals surface area contributed by atoms with Crippen LogP contribution in [0.15, 0.2) is 114 Å². The Morgan fingerprint density at radius 1 is 0.703 bits per heavy atom. The number of nitrogens with zero attached hydrogens (tertiary/aromatic N) is 2. The Morgan fingerprint density at radius 3 is 2.35 bits per heavy atom. The molecule has 0 saturated carbocycles. The van der Waals surface area contributed by atoms with Crippen molar-refractivity contribution in [2.24, 2.45) is 0 Å². The van der Waals surface area contributed by atoms with Crippen LogP contribution in [0.4, 0.5) is 0 Å². The summed E-state index contributed by atoms with van der Waals surface area (Å²) in [5.41, 5.74) is 11.1. The van der Waals surface area contributed by atoms with E-state index in [9.17, 15) is 0 Å². The molecule has 0 spiro atoms. The Bertz CT molecular complexity index is 2010. The molecule has 2 heterocycles. The molecule has 37 heavy (non-hydrogen) atoms. The van der Waals surface area contributed by atoms with E-state index in [0.717, 1.165) is 44.7 Å². The summed E-state index contributed by atoms with van der Waals surface area (Å²) in [5, 5.41) is 2.33. The minimum absolute atomic E-state index is 0.115. The lowest BCUT2D eigenvalue weighted by molar-refractivity contribution is 0.653. The smallest absolute Gasteiger partial charge is 0.145 e. The monoisotopic (exact) mass is 476 g/mol. The number of furan rings is 1. The van der Waals surface area contributed by atoms with Crippen molar-refractivity contribution in [2.75, 3.05) is 0 Å². The third-order valence-corrected chi connectivity index (χ3v) is 8.02. The van der Waals surface area contributed by atoms with Gasteiger partial charge in [0.25, 0.3) is 0 Å². The van der Waals surface area contributed by atoms with Crippen molar-refractivity contribution in [1.29, 1.82) is 0 Å². The maximum absolute atomic E-state index is 6.51. The Hall–Kier alpha value is -4.63. The van der Waals surface area contributed by atoms with Gasteiger partial charge >= 0.3 is 0 Å². The van der Waals surface area contributed by atoms with Crippen LogP contribution in [0.3, 0.4) is 0 Å². The van der Waals surface area contributed by atoms with E-state index >= 15 is 0 Å². The van der Waals surface area contributed by atoms with Crippen LogP contribution >= 0.6 is 0 Å². The van der Waals surface area contributed by atoms with E-state index in [1.54, 1.807) is 0 Å². The van der Waals surface area contributed by atoms with Gasteiger partial charge in [0.2, 0.25) is 0 Å². The summed E-state index contributed by atoms with van der Waals surface area (Å²) >= 11 is 0. The molecular weight excluding hydrogens is 452 g/mol. The zero-order chi connectivity index (χ0) is 24.7. The number of benzene rings is 5. The summed E-state index contributed by atoms with van der Waals surface area (Å²) in [6.45, 7) is 4.62. The van der Waals surface area contributed by atoms with Gasteiger partial charge in [0.05, 0.1) is 11.0 Å². The number of hydrogen-bond donors (Lipinski definition) is 0. The SMILES string of the molecule is CC1(C)c2ccc(-c3nc4ccccc4n3-c3ccccc3)cc2-c2c1ccc1c2oc2ccccc21. The zero-order valence-corrected chi connectivity index (χ0v) is 20.7. The van der Waals surface area contributed by atoms with Gasteiger partial charge < -0.3 is 4.42 Å². The summed E-state index contributed by atoms with van der Waals surface area (Å²) in [6, 6.07) is 38.5. The second-order valence-corrected chi connectivity index (χ2v) is 10.4. The largest absolute Gasteiger partial charge is 0.455 e. The number of aromatic nitrogens is 2. The third-order valence-electron chi connectivity index (χ3n) is 8.02. The summed E-state index contributed by atoms with van der Waals surface area (Å²) in [7, 11) is 0. The van der Waals surface area contributed by atoms with Crippen LogP contribution in [0.25, 0.3) is 61.2 Å². The van der Waals surface area contributed by atoms with Gasteiger partial charge in [0.15, 0.2) is 0 Å². The van der Waals surface area contributed by atoms with Crippen molar-refractivity contribution in [1.82, 2.24) is 9.55 Å². The lowest BCUT2D eigenvalue weighted by Gasteiger charge is -2.21. The average Bonchev–Trinajstić information content (AvgIpc) is 3.57. The quantitative estimate of drug-likeness (QED) is 0.249. The molecule has 5 aromatic carbocycles. The Labute approximate surface area is 214 Å². The molecule has 1 aliphatic rings. The molecule has 3 nitrogen and oxygen atoms in total. The molecule has 3 heteroatoms. The normalized spacial score (nSPS) is 13.9. The molecule has 0 N–H and O–H groups in total. The van der Waals surface area contributed by atoms with E-state index in [1.807, 2.05) is 12.1 Å². The molecule has 0 radical (unpaired) electrons. The fourth-order valence-corrected chi connectivity index (χ4v) is 6.22. The molecule has 0 aliphatic heterocycles.